The number of carbonyl (C=O) groups is 2. The molecule has 1 atom stereocenters. The van der Waals surface area contributed by atoms with Crippen LogP contribution in [-0.2, 0) is 9.53 Å². The van der Waals surface area contributed by atoms with E-state index < -0.39 is 23.9 Å². The predicted molar refractivity (Wildman–Crippen MR) is 61.9 cm³/mol. The molecular formula is C12H13F2NO4. The van der Waals surface area contributed by atoms with Crippen molar-refractivity contribution in [3.63, 3.8) is 0 Å². The molecule has 3 N–H and O–H groups in total. The van der Waals surface area contributed by atoms with Gasteiger partial charge in [0.2, 0.25) is 0 Å². The van der Waals surface area contributed by atoms with Gasteiger partial charge in [-0.05, 0) is 18.6 Å². The SMILES string of the molecule is CCOC(=O)C(F)(F)[C@@H](N)c1ccccc1C(=O)O. The van der Waals surface area contributed by atoms with Gasteiger partial charge in [-0.2, -0.15) is 8.78 Å². The predicted octanol–water partition coefficient (Wildman–Crippen LogP) is 1.58. The fourth-order valence-electron chi connectivity index (χ4n) is 1.51. The molecule has 19 heavy (non-hydrogen) atoms. The third-order valence-corrected chi connectivity index (χ3v) is 2.46. The van der Waals surface area contributed by atoms with Crippen LogP contribution in [0.15, 0.2) is 24.3 Å². The minimum Gasteiger partial charge on any atom is -0.478 e. The van der Waals surface area contributed by atoms with Gasteiger partial charge in [0.1, 0.15) is 6.04 Å². The first-order chi connectivity index (χ1) is 8.82. The zero-order valence-electron chi connectivity index (χ0n) is 10.1. The van der Waals surface area contributed by atoms with Crippen molar-refractivity contribution < 1.29 is 28.2 Å². The van der Waals surface area contributed by atoms with Crippen molar-refractivity contribution in [1.29, 1.82) is 0 Å². The van der Waals surface area contributed by atoms with Gasteiger partial charge in [-0.3, -0.25) is 0 Å². The van der Waals surface area contributed by atoms with Crippen LogP contribution in [0.3, 0.4) is 0 Å². The number of aromatic carboxylic acids is 1. The number of hydrogen-bond donors (Lipinski definition) is 2. The third kappa shape index (κ3) is 3.05. The first kappa shape index (κ1) is 15.0. The number of alkyl halides is 2. The van der Waals surface area contributed by atoms with E-state index in [0.29, 0.717) is 0 Å². The van der Waals surface area contributed by atoms with E-state index in [2.05, 4.69) is 4.74 Å². The van der Waals surface area contributed by atoms with E-state index in [1.54, 1.807) is 0 Å². The lowest BCUT2D eigenvalue weighted by atomic mass is 9.96. The zero-order chi connectivity index (χ0) is 14.6. The maximum absolute atomic E-state index is 13.7. The molecule has 0 fully saturated rings. The Morgan fingerprint density at radius 1 is 1.42 bits per heavy atom. The van der Waals surface area contributed by atoms with Crippen molar-refractivity contribution in [1.82, 2.24) is 0 Å². The quantitative estimate of drug-likeness (QED) is 0.795. The second-order valence-electron chi connectivity index (χ2n) is 3.71. The molecule has 0 saturated heterocycles. The average Bonchev–Trinajstić information content (AvgIpc) is 2.38. The van der Waals surface area contributed by atoms with Gasteiger partial charge in [0.15, 0.2) is 0 Å². The number of nitrogens with two attached hydrogens (primary N) is 1. The highest BCUT2D eigenvalue weighted by Gasteiger charge is 2.48. The third-order valence-electron chi connectivity index (χ3n) is 2.46. The summed E-state index contributed by atoms with van der Waals surface area (Å²) in [6.07, 6.45) is 0. The molecule has 1 rings (SSSR count). The molecule has 0 heterocycles. The normalized spacial score (nSPS) is 12.8. The van der Waals surface area contributed by atoms with Crippen molar-refractivity contribution in [3.8, 4) is 0 Å². The highest BCUT2D eigenvalue weighted by Crippen LogP contribution is 2.32. The van der Waals surface area contributed by atoms with Crippen LogP contribution < -0.4 is 5.73 Å². The van der Waals surface area contributed by atoms with Crippen LogP contribution >= 0.6 is 0 Å². The molecule has 7 heteroatoms. The largest absolute Gasteiger partial charge is 0.478 e. The fraction of sp³-hybridized carbons (Fsp3) is 0.333. The summed E-state index contributed by atoms with van der Waals surface area (Å²) in [5, 5.41) is 8.91. The molecule has 0 radical (unpaired) electrons. The smallest absolute Gasteiger partial charge is 0.379 e. The lowest BCUT2D eigenvalue weighted by Crippen LogP contribution is -2.42. The summed E-state index contributed by atoms with van der Waals surface area (Å²) in [6, 6.07) is 2.93. The minimum absolute atomic E-state index is 0.221. The molecule has 1 aromatic carbocycles. The summed E-state index contributed by atoms with van der Waals surface area (Å²) < 4.78 is 31.7. The minimum atomic E-state index is -4.00. The van der Waals surface area contributed by atoms with Crippen molar-refractivity contribution in [2.75, 3.05) is 6.61 Å². The van der Waals surface area contributed by atoms with Crippen molar-refractivity contribution in [2.24, 2.45) is 5.73 Å². The number of ether oxygens (including phenoxy) is 1. The average molecular weight is 273 g/mol. The number of carboxylic acids is 1. The highest BCUT2D eigenvalue weighted by molar-refractivity contribution is 5.90. The summed E-state index contributed by atoms with van der Waals surface area (Å²) >= 11 is 0. The summed E-state index contributed by atoms with van der Waals surface area (Å²) in [5.41, 5.74) is 4.63. The summed E-state index contributed by atoms with van der Waals surface area (Å²) in [4.78, 5) is 22.1. The van der Waals surface area contributed by atoms with Gasteiger partial charge in [-0.15, -0.1) is 0 Å². The van der Waals surface area contributed by atoms with E-state index in [9.17, 15) is 18.4 Å². The standard InChI is InChI=1S/C12H13F2NO4/c1-2-19-11(18)12(13,14)9(15)7-5-3-4-6-8(7)10(16)17/h3-6,9H,2,15H2,1H3,(H,16,17)/t9-/m0/s1. The van der Waals surface area contributed by atoms with E-state index in [1.807, 2.05) is 0 Å². The highest BCUT2D eigenvalue weighted by atomic mass is 19.3. The number of esters is 1. The van der Waals surface area contributed by atoms with Gasteiger partial charge in [0, 0.05) is 0 Å². The number of carbonyl (C=O) groups excluding carboxylic acids is 1. The Hall–Kier alpha value is -2.02. The van der Waals surface area contributed by atoms with Crippen LogP contribution in [0.1, 0.15) is 28.9 Å². The molecule has 0 aliphatic heterocycles. The van der Waals surface area contributed by atoms with Crippen LogP contribution in [0.2, 0.25) is 0 Å². The van der Waals surface area contributed by atoms with E-state index in [1.165, 1.54) is 19.1 Å². The maximum Gasteiger partial charge on any atom is 0.379 e. The van der Waals surface area contributed by atoms with E-state index in [-0.39, 0.29) is 17.7 Å². The molecule has 0 bridgehead atoms. The van der Waals surface area contributed by atoms with E-state index in [0.717, 1.165) is 12.1 Å². The van der Waals surface area contributed by atoms with Crippen molar-refractivity contribution >= 4 is 11.9 Å². The molecule has 0 aliphatic rings. The summed E-state index contributed by atoms with van der Waals surface area (Å²) in [6.45, 7) is 1.16. The number of benzene rings is 1. The topological polar surface area (TPSA) is 89.6 Å². The maximum atomic E-state index is 13.7. The molecule has 0 aromatic heterocycles. The second kappa shape index (κ2) is 5.75. The number of hydrogen-bond acceptors (Lipinski definition) is 4. The van der Waals surface area contributed by atoms with Gasteiger partial charge in [-0.25, -0.2) is 9.59 Å². The van der Waals surface area contributed by atoms with Gasteiger partial charge in [0.25, 0.3) is 0 Å². The molecule has 0 spiro atoms. The van der Waals surface area contributed by atoms with Crippen LogP contribution in [0.5, 0.6) is 0 Å². The van der Waals surface area contributed by atoms with Gasteiger partial charge < -0.3 is 15.6 Å². The first-order valence-electron chi connectivity index (χ1n) is 5.45. The van der Waals surface area contributed by atoms with Crippen LogP contribution in [0.4, 0.5) is 8.78 Å². The molecule has 1 aromatic rings. The lowest BCUT2D eigenvalue weighted by Gasteiger charge is -2.22. The monoisotopic (exact) mass is 273 g/mol. The van der Waals surface area contributed by atoms with Crippen molar-refractivity contribution in [2.45, 2.75) is 18.9 Å². The fourth-order valence-corrected chi connectivity index (χ4v) is 1.51. The zero-order valence-corrected chi connectivity index (χ0v) is 10.1. The lowest BCUT2D eigenvalue weighted by molar-refractivity contribution is -0.174. The Balaban J connectivity index is 3.16. The van der Waals surface area contributed by atoms with E-state index in [4.69, 9.17) is 10.8 Å². The Bertz CT molecular complexity index is 490. The molecular weight excluding hydrogens is 260 g/mol. The van der Waals surface area contributed by atoms with Crippen LogP contribution in [-0.4, -0.2) is 29.6 Å². The van der Waals surface area contributed by atoms with E-state index >= 15 is 0 Å². The second-order valence-corrected chi connectivity index (χ2v) is 3.71. The Kier molecular flexibility index (Phi) is 4.55. The Morgan fingerprint density at radius 3 is 2.53 bits per heavy atom. The Morgan fingerprint density at radius 2 is 2.00 bits per heavy atom. The van der Waals surface area contributed by atoms with Gasteiger partial charge >= 0.3 is 17.9 Å². The summed E-state index contributed by atoms with van der Waals surface area (Å²) in [7, 11) is 0. The van der Waals surface area contributed by atoms with Gasteiger partial charge in [-0.1, -0.05) is 18.2 Å². The molecule has 0 unspecified atom stereocenters. The molecule has 0 aliphatic carbocycles. The molecule has 0 amide bonds. The first-order valence-corrected chi connectivity index (χ1v) is 5.45. The molecule has 0 saturated carbocycles. The summed E-state index contributed by atoms with van der Waals surface area (Å²) in [5.74, 6) is -7.17. The number of halogens is 2. The van der Waals surface area contributed by atoms with Crippen LogP contribution in [0.25, 0.3) is 0 Å². The number of carboxylic acid groups (broad SMARTS) is 1. The molecule has 104 valence electrons. The molecule has 5 nitrogen and oxygen atoms in total. The number of rotatable bonds is 5. The van der Waals surface area contributed by atoms with Gasteiger partial charge in [0.05, 0.1) is 12.2 Å². The van der Waals surface area contributed by atoms with Crippen molar-refractivity contribution in [3.05, 3.63) is 35.4 Å². The Labute approximate surface area is 108 Å². The van der Waals surface area contributed by atoms with Crippen LogP contribution in [0, 0.1) is 0 Å².